The molecule has 0 saturated carbocycles. The third-order valence-corrected chi connectivity index (χ3v) is 4.94. The molecule has 0 radical (unpaired) electrons. The SMILES string of the molecule is CCNC(=O)CCS(=O)(=O)Cc1cc(Cl)cc2c1OCOC2. The summed E-state index contributed by atoms with van der Waals surface area (Å²) in [7, 11) is -3.44. The molecule has 1 aromatic carbocycles. The summed E-state index contributed by atoms with van der Waals surface area (Å²) in [6.45, 7) is 2.68. The van der Waals surface area contributed by atoms with Crippen molar-refractivity contribution in [3.63, 3.8) is 0 Å². The number of fused-ring (bicyclic) bond motifs is 1. The summed E-state index contributed by atoms with van der Waals surface area (Å²) < 4.78 is 34.9. The molecule has 1 heterocycles. The monoisotopic (exact) mass is 347 g/mol. The number of ether oxygens (including phenoxy) is 2. The smallest absolute Gasteiger partial charge is 0.221 e. The average Bonchev–Trinajstić information content (AvgIpc) is 2.45. The Morgan fingerprint density at radius 3 is 2.91 bits per heavy atom. The molecule has 122 valence electrons. The van der Waals surface area contributed by atoms with Gasteiger partial charge in [-0.1, -0.05) is 11.6 Å². The van der Waals surface area contributed by atoms with Gasteiger partial charge >= 0.3 is 0 Å². The number of sulfone groups is 1. The fraction of sp³-hybridized carbons (Fsp3) is 0.500. The minimum Gasteiger partial charge on any atom is -0.467 e. The van der Waals surface area contributed by atoms with Crippen molar-refractivity contribution in [1.29, 1.82) is 0 Å². The van der Waals surface area contributed by atoms with Crippen LogP contribution in [0.5, 0.6) is 5.75 Å². The maximum atomic E-state index is 12.2. The van der Waals surface area contributed by atoms with Crippen LogP contribution in [0.15, 0.2) is 12.1 Å². The predicted octanol–water partition coefficient (Wildman–Crippen LogP) is 1.65. The van der Waals surface area contributed by atoms with E-state index >= 15 is 0 Å². The summed E-state index contributed by atoms with van der Waals surface area (Å²) in [6, 6.07) is 3.27. The van der Waals surface area contributed by atoms with Crippen LogP contribution in [0.3, 0.4) is 0 Å². The van der Waals surface area contributed by atoms with Gasteiger partial charge in [-0.3, -0.25) is 4.79 Å². The highest BCUT2D eigenvalue weighted by atomic mass is 35.5. The van der Waals surface area contributed by atoms with E-state index in [1.165, 1.54) is 0 Å². The van der Waals surface area contributed by atoms with Crippen molar-refractivity contribution >= 4 is 27.3 Å². The van der Waals surface area contributed by atoms with Crippen molar-refractivity contribution in [2.75, 3.05) is 19.1 Å². The Morgan fingerprint density at radius 2 is 2.18 bits per heavy atom. The highest BCUT2D eigenvalue weighted by Crippen LogP contribution is 2.32. The van der Waals surface area contributed by atoms with Crippen molar-refractivity contribution in [1.82, 2.24) is 5.32 Å². The maximum Gasteiger partial charge on any atom is 0.221 e. The summed E-state index contributed by atoms with van der Waals surface area (Å²) >= 11 is 6.01. The molecule has 0 aliphatic carbocycles. The molecule has 22 heavy (non-hydrogen) atoms. The number of benzene rings is 1. The maximum absolute atomic E-state index is 12.2. The number of carbonyl (C=O) groups excluding carboxylic acids is 1. The van der Waals surface area contributed by atoms with E-state index in [0.29, 0.717) is 29.5 Å². The Kier molecular flexibility index (Phi) is 5.66. The zero-order valence-electron chi connectivity index (χ0n) is 12.2. The standard InChI is InChI=1S/C14H18ClNO5S/c1-2-16-13(17)3-4-22(18,19)8-11-6-12(15)5-10-7-20-9-21-14(10)11/h5-6H,2-4,7-9H2,1H3,(H,16,17). The van der Waals surface area contributed by atoms with Gasteiger partial charge in [0.05, 0.1) is 18.1 Å². The number of carbonyl (C=O) groups is 1. The number of nitrogens with one attached hydrogen (secondary N) is 1. The van der Waals surface area contributed by atoms with Gasteiger partial charge in [0.15, 0.2) is 16.6 Å². The Morgan fingerprint density at radius 1 is 1.41 bits per heavy atom. The molecule has 0 unspecified atom stereocenters. The third-order valence-electron chi connectivity index (χ3n) is 3.14. The molecule has 0 atom stereocenters. The normalized spacial score (nSPS) is 14.1. The van der Waals surface area contributed by atoms with Crippen LogP contribution in [0.4, 0.5) is 0 Å². The first-order chi connectivity index (χ1) is 10.4. The number of halogens is 1. The van der Waals surface area contributed by atoms with Crippen LogP contribution >= 0.6 is 11.6 Å². The summed E-state index contributed by atoms with van der Waals surface area (Å²) in [4.78, 5) is 11.4. The second-order valence-corrected chi connectivity index (χ2v) is 7.58. The molecule has 2 rings (SSSR count). The van der Waals surface area contributed by atoms with Crippen LogP contribution in [0.1, 0.15) is 24.5 Å². The lowest BCUT2D eigenvalue weighted by Gasteiger charge is -2.21. The van der Waals surface area contributed by atoms with Gasteiger partial charge in [-0.2, -0.15) is 0 Å². The number of hydrogen-bond donors (Lipinski definition) is 1. The van der Waals surface area contributed by atoms with Crippen LogP contribution in [0, 0.1) is 0 Å². The fourth-order valence-electron chi connectivity index (χ4n) is 2.21. The van der Waals surface area contributed by atoms with E-state index in [1.807, 2.05) is 0 Å². The van der Waals surface area contributed by atoms with E-state index < -0.39 is 9.84 Å². The molecule has 1 amide bonds. The van der Waals surface area contributed by atoms with Crippen molar-refractivity contribution < 1.29 is 22.7 Å². The van der Waals surface area contributed by atoms with E-state index in [1.54, 1.807) is 19.1 Å². The predicted molar refractivity (Wildman–Crippen MR) is 82.5 cm³/mol. The molecule has 1 N–H and O–H groups in total. The van der Waals surface area contributed by atoms with Gasteiger partial charge in [-0.15, -0.1) is 0 Å². The van der Waals surface area contributed by atoms with E-state index in [9.17, 15) is 13.2 Å². The Labute approximate surface area is 134 Å². The third kappa shape index (κ3) is 4.59. The van der Waals surface area contributed by atoms with Gasteiger partial charge in [0.25, 0.3) is 0 Å². The van der Waals surface area contributed by atoms with Gasteiger partial charge in [0.2, 0.25) is 5.91 Å². The minimum atomic E-state index is -3.44. The molecule has 1 aliphatic rings. The average molecular weight is 348 g/mol. The van der Waals surface area contributed by atoms with Gasteiger partial charge in [0.1, 0.15) is 5.75 Å². The number of rotatable bonds is 6. The lowest BCUT2D eigenvalue weighted by Crippen LogP contribution is -2.25. The Balaban J connectivity index is 2.12. The first-order valence-corrected chi connectivity index (χ1v) is 9.10. The van der Waals surface area contributed by atoms with Crippen molar-refractivity contribution in [2.45, 2.75) is 25.7 Å². The summed E-state index contributed by atoms with van der Waals surface area (Å²) in [5, 5.41) is 3.01. The van der Waals surface area contributed by atoms with E-state index in [0.717, 1.165) is 5.56 Å². The Hall–Kier alpha value is -1.31. The fourth-order valence-corrected chi connectivity index (χ4v) is 3.80. The zero-order chi connectivity index (χ0) is 16.2. The summed E-state index contributed by atoms with van der Waals surface area (Å²) in [5.41, 5.74) is 1.23. The molecule has 1 aromatic rings. The highest BCUT2D eigenvalue weighted by Gasteiger charge is 2.21. The molecule has 8 heteroatoms. The van der Waals surface area contributed by atoms with Crippen molar-refractivity contribution in [3.8, 4) is 5.75 Å². The van der Waals surface area contributed by atoms with E-state index in [-0.39, 0.29) is 30.6 Å². The van der Waals surface area contributed by atoms with E-state index in [2.05, 4.69) is 5.32 Å². The van der Waals surface area contributed by atoms with Crippen LogP contribution in [-0.2, 0) is 31.7 Å². The molecular formula is C14H18ClNO5S. The van der Waals surface area contributed by atoms with Gasteiger partial charge in [-0.05, 0) is 19.1 Å². The van der Waals surface area contributed by atoms with Crippen molar-refractivity contribution in [2.24, 2.45) is 0 Å². The number of amides is 1. The van der Waals surface area contributed by atoms with Crippen LogP contribution in [0.25, 0.3) is 0 Å². The molecule has 0 spiro atoms. The van der Waals surface area contributed by atoms with Crippen LogP contribution < -0.4 is 10.1 Å². The largest absolute Gasteiger partial charge is 0.467 e. The first-order valence-electron chi connectivity index (χ1n) is 6.90. The van der Waals surface area contributed by atoms with Crippen molar-refractivity contribution in [3.05, 3.63) is 28.3 Å². The number of hydrogen-bond acceptors (Lipinski definition) is 5. The van der Waals surface area contributed by atoms with Gasteiger partial charge in [-0.25, -0.2) is 8.42 Å². The lowest BCUT2D eigenvalue weighted by atomic mass is 10.1. The first kappa shape index (κ1) is 17.1. The molecule has 0 aromatic heterocycles. The minimum absolute atomic E-state index is 0.0527. The molecule has 1 aliphatic heterocycles. The molecular weight excluding hydrogens is 330 g/mol. The quantitative estimate of drug-likeness (QED) is 0.846. The van der Waals surface area contributed by atoms with Crippen LogP contribution in [0.2, 0.25) is 5.02 Å². The topological polar surface area (TPSA) is 81.7 Å². The lowest BCUT2D eigenvalue weighted by molar-refractivity contribution is -0.120. The Bertz CT molecular complexity index is 659. The summed E-state index contributed by atoms with van der Waals surface area (Å²) in [5.74, 6) is -0.188. The molecule has 6 nitrogen and oxygen atoms in total. The highest BCUT2D eigenvalue weighted by molar-refractivity contribution is 7.90. The molecule has 0 saturated heterocycles. The second-order valence-electron chi connectivity index (χ2n) is 4.96. The molecule has 0 bridgehead atoms. The van der Waals surface area contributed by atoms with Gasteiger partial charge < -0.3 is 14.8 Å². The van der Waals surface area contributed by atoms with Crippen LogP contribution in [-0.4, -0.2) is 33.4 Å². The summed E-state index contributed by atoms with van der Waals surface area (Å²) in [6.07, 6.45) is -0.0527. The van der Waals surface area contributed by atoms with Gasteiger partial charge in [0, 0.05) is 29.1 Å². The zero-order valence-corrected chi connectivity index (χ0v) is 13.8. The van der Waals surface area contributed by atoms with E-state index in [4.69, 9.17) is 21.1 Å². The molecule has 0 fully saturated rings. The second kappa shape index (κ2) is 7.30.